The van der Waals surface area contributed by atoms with E-state index in [2.05, 4.69) is 9.84 Å². The number of ether oxygens (including phenoxy) is 3. The van der Waals surface area contributed by atoms with Crippen molar-refractivity contribution in [1.82, 2.24) is 4.90 Å². The van der Waals surface area contributed by atoms with E-state index in [1.165, 1.54) is 7.11 Å². The summed E-state index contributed by atoms with van der Waals surface area (Å²) in [6.45, 7) is 6.53. The Hall–Kier alpha value is -3.89. The first-order valence-corrected chi connectivity index (χ1v) is 16.3. The molecule has 0 aliphatic heterocycles. The zero-order chi connectivity index (χ0) is 32.1. The molecule has 1 unspecified atom stereocenters. The molecule has 0 spiro atoms. The summed E-state index contributed by atoms with van der Waals surface area (Å²) in [5.41, 5.74) is 8.96. The van der Waals surface area contributed by atoms with Crippen LogP contribution in [0.5, 0.6) is 5.75 Å². The topological polar surface area (TPSA) is 150 Å². The molecule has 3 rings (SSSR count). The van der Waals surface area contributed by atoms with Crippen molar-refractivity contribution >= 4 is 31.0 Å². The van der Waals surface area contributed by atoms with Gasteiger partial charge < -0.3 is 34.7 Å². The SMILES string of the molecule is CCOc1ccc([C@H](C)N(CCOCCP(=O)(O)OC)C(=O)O[C@@H](CC)c2ccc(C(=O)Nc3ccccc3N)cc2)cc1. The summed E-state index contributed by atoms with van der Waals surface area (Å²) >= 11 is 0. The molecule has 3 aromatic carbocycles. The van der Waals surface area contributed by atoms with E-state index >= 15 is 0 Å². The largest absolute Gasteiger partial charge is 0.494 e. The van der Waals surface area contributed by atoms with Crippen molar-refractivity contribution < 1.29 is 37.8 Å². The van der Waals surface area contributed by atoms with Crippen molar-refractivity contribution in [2.45, 2.75) is 39.3 Å². The van der Waals surface area contributed by atoms with Crippen LogP contribution in [0.2, 0.25) is 0 Å². The number of rotatable bonds is 16. The highest BCUT2D eigenvalue weighted by atomic mass is 31.2. The Bertz CT molecular complexity index is 1400. The van der Waals surface area contributed by atoms with Gasteiger partial charge in [-0.1, -0.05) is 43.3 Å². The first kappa shape index (κ1) is 34.6. The summed E-state index contributed by atoms with van der Waals surface area (Å²) in [6.07, 6.45) is -0.773. The van der Waals surface area contributed by atoms with Crippen LogP contribution in [0.3, 0.4) is 0 Å². The summed E-state index contributed by atoms with van der Waals surface area (Å²) in [7, 11) is -2.52. The molecule has 11 nitrogen and oxygen atoms in total. The zero-order valence-electron chi connectivity index (χ0n) is 25.6. The van der Waals surface area contributed by atoms with Crippen LogP contribution < -0.4 is 15.8 Å². The molecular weight excluding hydrogens is 585 g/mol. The lowest BCUT2D eigenvalue weighted by atomic mass is 10.0. The number of hydrogen-bond donors (Lipinski definition) is 3. The van der Waals surface area contributed by atoms with E-state index in [0.29, 0.717) is 30.0 Å². The number of nitrogens with one attached hydrogen (secondary N) is 1. The highest BCUT2D eigenvalue weighted by Gasteiger charge is 2.26. The number of hydrogen-bond acceptors (Lipinski definition) is 8. The molecule has 2 amide bonds. The van der Waals surface area contributed by atoms with Crippen molar-refractivity contribution in [2.24, 2.45) is 0 Å². The van der Waals surface area contributed by atoms with Crippen LogP contribution in [0, 0.1) is 0 Å². The molecule has 4 N–H and O–H groups in total. The third-order valence-electron chi connectivity index (χ3n) is 7.02. The lowest BCUT2D eigenvalue weighted by molar-refractivity contribution is 0.0368. The number of carbonyl (C=O) groups is 2. The molecule has 0 heterocycles. The number of anilines is 2. The number of nitrogens with two attached hydrogens (primary N) is 1. The van der Waals surface area contributed by atoms with Gasteiger partial charge in [-0.2, -0.15) is 0 Å². The molecule has 0 saturated carbocycles. The molecule has 0 aliphatic rings. The Balaban J connectivity index is 1.71. The molecule has 238 valence electrons. The van der Waals surface area contributed by atoms with E-state index in [1.54, 1.807) is 53.4 Å². The van der Waals surface area contributed by atoms with Gasteiger partial charge in [0, 0.05) is 19.2 Å². The predicted molar refractivity (Wildman–Crippen MR) is 170 cm³/mol. The van der Waals surface area contributed by atoms with Crippen LogP contribution in [0.15, 0.2) is 72.8 Å². The molecule has 44 heavy (non-hydrogen) atoms. The van der Waals surface area contributed by atoms with Gasteiger partial charge in [0.25, 0.3) is 5.91 Å². The Kier molecular flexibility index (Phi) is 13.2. The molecule has 0 aliphatic carbocycles. The average molecular weight is 628 g/mol. The maximum Gasteiger partial charge on any atom is 0.410 e. The van der Waals surface area contributed by atoms with Crippen molar-refractivity contribution in [3.05, 3.63) is 89.5 Å². The Morgan fingerprint density at radius 3 is 2.25 bits per heavy atom. The number of nitrogen functional groups attached to an aromatic ring is 1. The van der Waals surface area contributed by atoms with Crippen molar-refractivity contribution in [1.29, 1.82) is 0 Å². The smallest absolute Gasteiger partial charge is 0.410 e. The minimum Gasteiger partial charge on any atom is -0.494 e. The van der Waals surface area contributed by atoms with Gasteiger partial charge in [0.1, 0.15) is 11.9 Å². The number of amides is 2. The second-order valence-electron chi connectivity index (χ2n) is 9.97. The van der Waals surface area contributed by atoms with Gasteiger partial charge in [0.05, 0.1) is 43.4 Å². The molecule has 0 bridgehead atoms. The van der Waals surface area contributed by atoms with Crippen molar-refractivity contribution in [2.75, 3.05) is 50.7 Å². The number of benzene rings is 3. The van der Waals surface area contributed by atoms with Crippen molar-refractivity contribution in [3.63, 3.8) is 0 Å². The Morgan fingerprint density at radius 1 is 0.977 bits per heavy atom. The summed E-state index contributed by atoms with van der Waals surface area (Å²) in [5.74, 6) is 0.417. The minimum absolute atomic E-state index is 0.00365. The van der Waals surface area contributed by atoms with Crippen LogP contribution in [-0.4, -0.2) is 61.4 Å². The van der Waals surface area contributed by atoms with Crippen LogP contribution in [0.1, 0.15) is 60.8 Å². The first-order valence-electron chi connectivity index (χ1n) is 14.5. The lowest BCUT2D eigenvalue weighted by Crippen LogP contribution is -2.37. The molecule has 3 aromatic rings. The van der Waals surface area contributed by atoms with E-state index in [0.717, 1.165) is 16.9 Å². The van der Waals surface area contributed by atoms with E-state index < -0.39 is 19.8 Å². The van der Waals surface area contributed by atoms with E-state index in [4.69, 9.17) is 19.9 Å². The van der Waals surface area contributed by atoms with Crippen LogP contribution in [0.4, 0.5) is 16.2 Å². The molecule has 0 aromatic heterocycles. The highest BCUT2D eigenvalue weighted by Crippen LogP contribution is 2.39. The summed E-state index contributed by atoms with van der Waals surface area (Å²) < 4.78 is 33.4. The van der Waals surface area contributed by atoms with E-state index in [1.807, 2.05) is 45.0 Å². The molecular formula is C32H42N3O8P. The zero-order valence-corrected chi connectivity index (χ0v) is 26.5. The first-order chi connectivity index (χ1) is 21.1. The van der Waals surface area contributed by atoms with Gasteiger partial charge in [-0.25, -0.2) is 4.79 Å². The maximum atomic E-state index is 13.6. The van der Waals surface area contributed by atoms with Crippen LogP contribution in [0.25, 0.3) is 0 Å². The number of para-hydroxylation sites is 2. The molecule has 3 atom stereocenters. The fourth-order valence-electron chi connectivity index (χ4n) is 4.40. The Labute approximate surface area is 258 Å². The van der Waals surface area contributed by atoms with Gasteiger partial charge in [-0.05, 0) is 67.8 Å². The molecule has 0 fully saturated rings. The lowest BCUT2D eigenvalue weighted by Gasteiger charge is -2.31. The molecule has 0 saturated heterocycles. The maximum absolute atomic E-state index is 13.6. The van der Waals surface area contributed by atoms with Crippen LogP contribution in [-0.2, 0) is 18.6 Å². The predicted octanol–water partition coefficient (Wildman–Crippen LogP) is 6.42. The van der Waals surface area contributed by atoms with Gasteiger partial charge in [0.2, 0.25) is 0 Å². The van der Waals surface area contributed by atoms with E-state index in [9.17, 15) is 19.0 Å². The second-order valence-corrected chi connectivity index (χ2v) is 12.1. The number of carbonyl (C=O) groups excluding carboxylic acids is 2. The minimum atomic E-state index is -3.69. The van der Waals surface area contributed by atoms with Crippen LogP contribution >= 0.6 is 7.60 Å². The normalized spacial score (nSPS) is 13.8. The Morgan fingerprint density at radius 2 is 1.64 bits per heavy atom. The van der Waals surface area contributed by atoms with Gasteiger partial charge in [-0.3, -0.25) is 14.3 Å². The fraction of sp³-hybridized carbons (Fsp3) is 0.375. The summed E-state index contributed by atoms with van der Waals surface area (Å²) in [4.78, 5) is 37.5. The van der Waals surface area contributed by atoms with Gasteiger partial charge in [0.15, 0.2) is 0 Å². The van der Waals surface area contributed by atoms with Gasteiger partial charge in [-0.15, -0.1) is 0 Å². The number of nitrogens with zero attached hydrogens (tertiary/aromatic N) is 1. The summed E-state index contributed by atoms with van der Waals surface area (Å²) in [5, 5.41) is 2.80. The average Bonchev–Trinajstić information content (AvgIpc) is 3.03. The molecule has 0 radical (unpaired) electrons. The third-order valence-corrected chi connectivity index (χ3v) is 8.34. The van der Waals surface area contributed by atoms with Crippen molar-refractivity contribution in [3.8, 4) is 5.75 Å². The quantitative estimate of drug-likeness (QED) is 0.0929. The van der Waals surface area contributed by atoms with E-state index in [-0.39, 0.29) is 37.9 Å². The summed E-state index contributed by atoms with van der Waals surface area (Å²) in [6, 6.07) is 21.0. The van der Waals surface area contributed by atoms with Gasteiger partial charge >= 0.3 is 13.7 Å². The standard InChI is InChI=1S/C32H42N3O8P/c1-5-30(25-11-13-26(14-12-25)31(36)34-29-10-8-7-9-28(29)33)43-32(37)35(19-20-41-21-22-44(38,39)40-4)23(3)24-15-17-27(18-16-24)42-6-2/h7-18,23,30H,5-6,19-22,33H2,1-4H3,(H,34,36)(H,38,39)/t23-,30-/m0/s1. The highest BCUT2D eigenvalue weighted by molar-refractivity contribution is 7.52. The molecule has 12 heteroatoms. The monoisotopic (exact) mass is 627 g/mol. The fourth-order valence-corrected chi connectivity index (χ4v) is 4.94. The third kappa shape index (κ3) is 10.1. The second kappa shape index (κ2) is 16.8.